The van der Waals surface area contributed by atoms with E-state index in [0.29, 0.717) is 0 Å². The molecule has 3 atom stereocenters. The topological polar surface area (TPSA) is 0 Å². The summed E-state index contributed by atoms with van der Waals surface area (Å²) in [5, 5.41) is 0. The van der Waals surface area contributed by atoms with Crippen molar-refractivity contribution < 1.29 is 0 Å². The summed E-state index contributed by atoms with van der Waals surface area (Å²) in [6.45, 7) is 26.8. The maximum absolute atomic E-state index is 2.36. The molecule has 0 heteroatoms. The fraction of sp³-hybridized carbons (Fsp3) is 0.857. The van der Waals surface area contributed by atoms with Crippen LogP contribution in [0.1, 0.15) is 134 Å². The Labute approximate surface area is 181 Å². The van der Waals surface area contributed by atoms with Gasteiger partial charge in [-0.2, -0.15) is 0 Å². The van der Waals surface area contributed by atoms with Crippen molar-refractivity contribution >= 4 is 0 Å². The summed E-state index contributed by atoms with van der Waals surface area (Å²) in [5.41, 5.74) is 3.20. The fourth-order valence-corrected chi connectivity index (χ4v) is 3.23. The van der Waals surface area contributed by atoms with Crippen molar-refractivity contribution in [3.63, 3.8) is 0 Å². The monoisotopic (exact) mass is 394 g/mol. The summed E-state index contributed by atoms with van der Waals surface area (Å²) in [4.78, 5) is 0. The van der Waals surface area contributed by atoms with Gasteiger partial charge in [-0.25, -0.2) is 0 Å². The van der Waals surface area contributed by atoms with Crippen LogP contribution in [0.2, 0.25) is 0 Å². The van der Waals surface area contributed by atoms with Crippen LogP contribution >= 0.6 is 0 Å². The van der Waals surface area contributed by atoms with Gasteiger partial charge in [0.05, 0.1) is 0 Å². The molecule has 0 heterocycles. The highest BCUT2D eigenvalue weighted by atomic mass is 14.2. The van der Waals surface area contributed by atoms with E-state index < -0.39 is 0 Å². The van der Waals surface area contributed by atoms with E-state index in [1.807, 2.05) is 13.8 Å². The third-order valence-corrected chi connectivity index (χ3v) is 5.67. The Hall–Kier alpha value is -0.520. The second-order valence-corrected chi connectivity index (χ2v) is 8.94. The summed E-state index contributed by atoms with van der Waals surface area (Å²) < 4.78 is 0. The molecule has 1 aliphatic carbocycles. The first-order valence-electron chi connectivity index (χ1n) is 12.5. The minimum atomic E-state index is 0.856. The lowest BCUT2D eigenvalue weighted by Gasteiger charge is -2.18. The zero-order valence-electron chi connectivity index (χ0n) is 22.1. The minimum absolute atomic E-state index is 0.856. The highest BCUT2D eigenvalue weighted by Gasteiger charge is 2.10. The number of rotatable bonds is 8. The molecule has 0 aromatic heterocycles. The van der Waals surface area contributed by atoms with Crippen LogP contribution in [-0.4, -0.2) is 0 Å². The van der Waals surface area contributed by atoms with Crippen molar-refractivity contribution in [2.75, 3.05) is 0 Å². The van der Waals surface area contributed by atoms with Crippen molar-refractivity contribution in [2.45, 2.75) is 134 Å². The second kappa shape index (κ2) is 22.8. The van der Waals surface area contributed by atoms with Gasteiger partial charge in [0.2, 0.25) is 0 Å². The summed E-state index contributed by atoms with van der Waals surface area (Å²) in [6, 6.07) is 0. The molecule has 0 aliphatic heterocycles. The van der Waals surface area contributed by atoms with E-state index in [2.05, 4.69) is 81.4 Å². The molecule has 170 valence electrons. The van der Waals surface area contributed by atoms with Gasteiger partial charge < -0.3 is 0 Å². The van der Waals surface area contributed by atoms with E-state index in [1.165, 1.54) is 51.4 Å². The van der Waals surface area contributed by atoms with Crippen molar-refractivity contribution in [2.24, 2.45) is 23.7 Å². The SMILES string of the molecule is CC.CC/C=C(/CC)CCC.CC1=CCC(C)C1.CCC(C)CC(C)C(C)C. The van der Waals surface area contributed by atoms with Crippen LogP contribution < -0.4 is 0 Å². The Morgan fingerprint density at radius 3 is 1.89 bits per heavy atom. The predicted octanol–water partition coefficient (Wildman–Crippen LogP) is 10.6. The molecular weight excluding hydrogens is 336 g/mol. The second-order valence-electron chi connectivity index (χ2n) is 8.94. The van der Waals surface area contributed by atoms with Gasteiger partial charge in [-0.1, -0.05) is 112 Å². The third kappa shape index (κ3) is 21.8. The van der Waals surface area contributed by atoms with Crippen LogP contribution in [0.3, 0.4) is 0 Å². The Kier molecular flexibility index (Phi) is 26.1. The Bertz CT molecular complexity index is 358. The minimum Gasteiger partial charge on any atom is -0.0856 e. The molecule has 0 saturated heterocycles. The van der Waals surface area contributed by atoms with Crippen LogP contribution in [0, 0.1) is 23.7 Å². The first kappa shape index (κ1) is 32.2. The Balaban J connectivity index is -0.000000323. The number of allylic oxidation sites excluding steroid dienone is 4. The standard InChI is InChI=1S/C10H22.C9H18.C7H12.C2H6/c1-6-9(4)7-10(5)8(2)3;1-4-7-9(6-3)8-5-2;1-6-3-4-7(2)5-6;1-2/h8-10H,6-7H2,1-5H3;7H,4-6,8H2,1-3H3;3,7H,4-5H2,1-2H3;1-2H3/b;9-7-;;. The summed E-state index contributed by atoms with van der Waals surface area (Å²) >= 11 is 0. The van der Waals surface area contributed by atoms with E-state index in [0.717, 1.165) is 23.7 Å². The molecule has 1 rings (SSSR count). The molecule has 0 amide bonds. The van der Waals surface area contributed by atoms with E-state index in [-0.39, 0.29) is 0 Å². The fourth-order valence-electron chi connectivity index (χ4n) is 3.23. The lowest BCUT2D eigenvalue weighted by Crippen LogP contribution is -2.08. The lowest BCUT2D eigenvalue weighted by atomic mass is 9.88. The molecule has 0 aromatic carbocycles. The number of hydrogen-bond donors (Lipinski definition) is 0. The summed E-state index contributed by atoms with van der Waals surface area (Å²) in [6.07, 6.45) is 15.1. The molecule has 0 N–H and O–H groups in total. The van der Waals surface area contributed by atoms with Crippen molar-refractivity contribution in [1.29, 1.82) is 0 Å². The Morgan fingerprint density at radius 2 is 1.64 bits per heavy atom. The average molecular weight is 395 g/mol. The highest BCUT2D eigenvalue weighted by Crippen LogP contribution is 2.22. The molecular formula is C28H58. The summed E-state index contributed by atoms with van der Waals surface area (Å²) in [7, 11) is 0. The third-order valence-electron chi connectivity index (χ3n) is 5.67. The molecule has 0 aromatic rings. The van der Waals surface area contributed by atoms with E-state index >= 15 is 0 Å². The largest absolute Gasteiger partial charge is 0.0856 e. The maximum atomic E-state index is 2.36. The van der Waals surface area contributed by atoms with Gasteiger partial charge in [0.15, 0.2) is 0 Å². The molecule has 0 bridgehead atoms. The van der Waals surface area contributed by atoms with Gasteiger partial charge in [0, 0.05) is 0 Å². The van der Waals surface area contributed by atoms with Crippen LogP contribution in [-0.2, 0) is 0 Å². The zero-order valence-corrected chi connectivity index (χ0v) is 22.1. The van der Waals surface area contributed by atoms with Gasteiger partial charge in [-0.15, -0.1) is 0 Å². The first-order valence-corrected chi connectivity index (χ1v) is 12.5. The molecule has 0 radical (unpaired) electrons. The molecule has 0 fully saturated rings. The molecule has 28 heavy (non-hydrogen) atoms. The average Bonchev–Trinajstić information content (AvgIpc) is 3.06. The lowest BCUT2D eigenvalue weighted by molar-refractivity contribution is 0.327. The van der Waals surface area contributed by atoms with Gasteiger partial charge in [0.25, 0.3) is 0 Å². The molecule has 0 nitrogen and oxygen atoms in total. The smallest absolute Gasteiger partial charge is 0.0294 e. The predicted molar refractivity (Wildman–Crippen MR) is 135 cm³/mol. The highest BCUT2D eigenvalue weighted by molar-refractivity contribution is 5.05. The van der Waals surface area contributed by atoms with Gasteiger partial charge in [0.1, 0.15) is 0 Å². The van der Waals surface area contributed by atoms with E-state index in [4.69, 9.17) is 0 Å². The molecule has 3 unspecified atom stereocenters. The van der Waals surface area contributed by atoms with Gasteiger partial charge in [-0.3, -0.25) is 0 Å². The summed E-state index contributed by atoms with van der Waals surface area (Å²) in [5.74, 6) is 3.60. The van der Waals surface area contributed by atoms with E-state index in [9.17, 15) is 0 Å². The Morgan fingerprint density at radius 1 is 1.07 bits per heavy atom. The van der Waals surface area contributed by atoms with Crippen molar-refractivity contribution in [3.8, 4) is 0 Å². The van der Waals surface area contributed by atoms with Crippen molar-refractivity contribution in [3.05, 3.63) is 23.3 Å². The molecule has 0 saturated carbocycles. The quantitative estimate of drug-likeness (QED) is 0.359. The van der Waals surface area contributed by atoms with Gasteiger partial charge in [-0.05, 0) is 69.1 Å². The van der Waals surface area contributed by atoms with E-state index in [1.54, 1.807) is 11.1 Å². The number of hydrogen-bond acceptors (Lipinski definition) is 0. The van der Waals surface area contributed by atoms with Crippen LogP contribution in [0.15, 0.2) is 23.3 Å². The van der Waals surface area contributed by atoms with Crippen molar-refractivity contribution in [1.82, 2.24) is 0 Å². The maximum Gasteiger partial charge on any atom is -0.0294 e. The molecule has 0 spiro atoms. The zero-order chi connectivity index (χ0) is 22.5. The normalized spacial score (nSPS) is 18.0. The molecule has 1 aliphatic rings. The van der Waals surface area contributed by atoms with Crippen LogP contribution in [0.25, 0.3) is 0 Å². The van der Waals surface area contributed by atoms with Crippen LogP contribution in [0.4, 0.5) is 0 Å². The first-order chi connectivity index (χ1) is 13.2. The van der Waals surface area contributed by atoms with Gasteiger partial charge >= 0.3 is 0 Å². The van der Waals surface area contributed by atoms with Crippen LogP contribution in [0.5, 0.6) is 0 Å².